The van der Waals surface area contributed by atoms with E-state index in [-0.39, 0.29) is 0 Å². The summed E-state index contributed by atoms with van der Waals surface area (Å²) in [4.78, 5) is 0. The van der Waals surface area contributed by atoms with Crippen molar-refractivity contribution in [2.24, 2.45) is 0 Å². The van der Waals surface area contributed by atoms with Crippen LogP contribution in [0.3, 0.4) is 0 Å². The lowest BCUT2D eigenvalue weighted by Crippen LogP contribution is -1.96. The molecule has 0 fully saturated rings. The lowest BCUT2D eigenvalue weighted by atomic mass is 9.90. The second-order valence-corrected chi connectivity index (χ2v) is 5.65. The Morgan fingerprint density at radius 2 is 1.70 bits per heavy atom. The zero-order chi connectivity index (χ0) is 13.9. The lowest BCUT2D eigenvalue weighted by molar-refractivity contribution is 0.867. The van der Waals surface area contributed by atoms with Crippen molar-refractivity contribution in [2.45, 2.75) is 26.2 Å². The number of aryl methyl sites for hydroxylation is 2. The van der Waals surface area contributed by atoms with Crippen molar-refractivity contribution >= 4 is 12.2 Å². The predicted molar refractivity (Wildman–Crippen MR) is 87.8 cm³/mol. The van der Waals surface area contributed by atoms with Gasteiger partial charge in [-0.15, -0.1) is 0 Å². The summed E-state index contributed by atoms with van der Waals surface area (Å²) in [5, 5.41) is 0. The molecule has 0 bridgehead atoms. The van der Waals surface area contributed by atoms with E-state index in [1.165, 1.54) is 27.8 Å². The molecular weight excluding hydrogens is 240 g/mol. The molecule has 0 amide bonds. The van der Waals surface area contributed by atoms with Gasteiger partial charge in [0, 0.05) is 5.92 Å². The number of fused-ring (bicyclic) bond motifs is 1. The molecule has 0 saturated heterocycles. The fourth-order valence-electron chi connectivity index (χ4n) is 2.78. The van der Waals surface area contributed by atoms with E-state index in [0.29, 0.717) is 5.92 Å². The smallest absolute Gasteiger partial charge is 0.00560 e. The van der Waals surface area contributed by atoms with Gasteiger partial charge in [-0.2, -0.15) is 0 Å². The zero-order valence-electron chi connectivity index (χ0n) is 12.1. The highest BCUT2D eigenvalue weighted by Crippen LogP contribution is 2.27. The maximum Gasteiger partial charge on any atom is 0.00560 e. The molecule has 0 N–H and O–H groups in total. The number of hydrogen-bond donors (Lipinski definition) is 0. The Hall–Kier alpha value is -2.08. The maximum absolute atomic E-state index is 2.34. The molecule has 0 spiro atoms. The van der Waals surface area contributed by atoms with Gasteiger partial charge in [0.1, 0.15) is 0 Å². The van der Waals surface area contributed by atoms with Gasteiger partial charge in [0.15, 0.2) is 0 Å². The quantitative estimate of drug-likeness (QED) is 0.633. The van der Waals surface area contributed by atoms with Gasteiger partial charge in [0.25, 0.3) is 0 Å². The summed E-state index contributed by atoms with van der Waals surface area (Å²) in [5.74, 6) is 0.472. The van der Waals surface area contributed by atoms with Crippen LogP contribution in [-0.4, -0.2) is 0 Å². The number of benzene rings is 2. The molecule has 2 aromatic carbocycles. The summed E-state index contributed by atoms with van der Waals surface area (Å²) in [6, 6.07) is 15.5. The van der Waals surface area contributed by atoms with Crippen LogP contribution < -0.4 is 0 Å². The Balaban J connectivity index is 1.97. The minimum absolute atomic E-state index is 0.472. The van der Waals surface area contributed by atoms with E-state index in [2.05, 4.69) is 80.6 Å². The van der Waals surface area contributed by atoms with Crippen molar-refractivity contribution in [1.29, 1.82) is 0 Å². The molecule has 0 heterocycles. The summed E-state index contributed by atoms with van der Waals surface area (Å²) in [6.45, 7) is 4.30. The molecule has 0 heteroatoms. The number of allylic oxidation sites excluding steroid dienone is 2. The van der Waals surface area contributed by atoms with Gasteiger partial charge in [-0.25, -0.2) is 0 Å². The second kappa shape index (κ2) is 5.50. The molecule has 3 rings (SSSR count). The van der Waals surface area contributed by atoms with E-state index in [4.69, 9.17) is 0 Å². The monoisotopic (exact) mass is 260 g/mol. The molecule has 0 saturated carbocycles. The Morgan fingerprint density at radius 1 is 0.850 bits per heavy atom. The summed E-state index contributed by atoms with van der Waals surface area (Å²) < 4.78 is 0. The van der Waals surface area contributed by atoms with Gasteiger partial charge >= 0.3 is 0 Å². The van der Waals surface area contributed by atoms with Crippen molar-refractivity contribution in [3.63, 3.8) is 0 Å². The minimum Gasteiger partial charge on any atom is -0.0830 e. The van der Waals surface area contributed by atoms with Gasteiger partial charge < -0.3 is 0 Å². The normalized spacial score (nSPS) is 19.0. The SMILES string of the molecule is Cc1cccc(C2C=Cc3cc(C)ccc3/C=C\C2)c1. The van der Waals surface area contributed by atoms with Crippen molar-refractivity contribution in [1.82, 2.24) is 0 Å². The molecule has 100 valence electrons. The van der Waals surface area contributed by atoms with Crippen LogP contribution in [0.2, 0.25) is 0 Å². The molecule has 1 unspecified atom stereocenters. The molecule has 0 aromatic heterocycles. The Kier molecular flexibility index (Phi) is 3.56. The summed E-state index contributed by atoms with van der Waals surface area (Å²) in [6.07, 6.45) is 10.2. The Bertz CT molecular complexity index is 674. The first-order valence-corrected chi connectivity index (χ1v) is 7.24. The number of hydrogen-bond acceptors (Lipinski definition) is 0. The lowest BCUT2D eigenvalue weighted by Gasteiger charge is -2.14. The molecule has 0 radical (unpaired) electrons. The highest BCUT2D eigenvalue weighted by atomic mass is 14.1. The van der Waals surface area contributed by atoms with Gasteiger partial charge in [-0.05, 0) is 37.0 Å². The number of rotatable bonds is 1. The summed E-state index contributed by atoms with van der Waals surface area (Å²) in [5.41, 5.74) is 6.68. The van der Waals surface area contributed by atoms with E-state index in [9.17, 15) is 0 Å². The van der Waals surface area contributed by atoms with Crippen LogP contribution in [0, 0.1) is 13.8 Å². The van der Waals surface area contributed by atoms with Gasteiger partial charge in [-0.3, -0.25) is 0 Å². The van der Waals surface area contributed by atoms with Crippen molar-refractivity contribution < 1.29 is 0 Å². The van der Waals surface area contributed by atoms with E-state index in [0.717, 1.165) is 6.42 Å². The van der Waals surface area contributed by atoms with Crippen LogP contribution in [0.4, 0.5) is 0 Å². The first-order chi connectivity index (χ1) is 9.72. The van der Waals surface area contributed by atoms with E-state index >= 15 is 0 Å². The van der Waals surface area contributed by atoms with Gasteiger partial charge in [0.05, 0.1) is 0 Å². The summed E-state index contributed by atoms with van der Waals surface area (Å²) >= 11 is 0. The fourth-order valence-corrected chi connectivity index (χ4v) is 2.78. The summed E-state index contributed by atoms with van der Waals surface area (Å²) in [7, 11) is 0. The van der Waals surface area contributed by atoms with E-state index < -0.39 is 0 Å². The van der Waals surface area contributed by atoms with Crippen LogP contribution in [0.5, 0.6) is 0 Å². The van der Waals surface area contributed by atoms with Gasteiger partial charge in [0.2, 0.25) is 0 Å². The van der Waals surface area contributed by atoms with Crippen LogP contribution >= 0.6 is 0 Å². The minimum atomic E-state index is 0.472. The Labute approximate surface area is 121 Å². The highest BCUT2D eigenvalue weighted by Gasteiger charge is 2.09. The second-order valence-electron chi connectivity index (χ2n) is 5.65. The first kappa shape index (κ1) is 12.9. The third-order valence-electron chi connectivity index (χ3n) is 3.91. The standard InChI is InChI=1S/C20H20/c1-15-5-3-8-19(13-15)18-7-4-6-17-10-9-16(2)14-20(17)12-11-18/h3-6,8-14,18H,7H2,1-2H3/b6-4-,12-11?. The zero-order valence-corrected chi connectivity index (χ0v) is 12.1. The van der Waals surface area contributed by atoms with Crippen LogP contribution in [0.25, 0.3) is 12.2 Å². The van der Waals surface area contributed by atoms with E-state index in [1.807, 2.05) is 0 Å². The third kappa shape index (κ3) is 2.75. The molecule has 0 aliphatic heterocycles. The molecule has 1 aliphatic rings. The van der Waals surface area contributed by atoms with Gasteiger partial charge in [-0.1, -0.05) is 77.9 Å². The predicted octanol–water partition coefficient (Wildman–Crippen LogP) is 5.52. The molecule has 0 nitrogen and oxygen atoms in total. The largest absolute Gasteiger partial charge is 0.0830 e. The average Bonchev–Trinajstić information content (AvgIpc) is 2.41. The Morgan fingerprint density at radius 3 is 2.55 bits per heavy atom. The molecule has 1 atom stereocenters. The maximum atomic E-state index is 2.34. The first-order valence-electron chi connectivity index (χ1n) is 7.24. The van der Waals surface area contributed by atoms with Crippen molar-refractivity contribution in [3.8, 4) is 0 Å². The highest BCUT2D eigenvalue weighted by molar-refractivity contribution is 5.67. The molecule has 2 aromatic rings. The van der Waals surface area contributed by atoms with Crippen molar-refractivity contribution in [2.75, 3.05) is 0 Å². The molecule has 20 heavy (non-hydrogen) atoms. The van der Waals surface area contributed by atoms with Crippen LogP contribution in [-0.2, 0) is 0 Å². The fraction of sp³-hybridized carbons (Fsp3) is 0.200. The average molecular weight is 260 g/mol. The van der Waals surface area contributed by atoms with Crippen LogP contribution in [0.1, 0.15) is 40.2 Å². The van der Waals surface area contributed by atoms with Crippen molar-refractivity contribution in [3.05, 3.63) is 82.4 Å². The topological polar surface area (TPSA) is 0 Å². The van der Waals surface area contributed by atoms with Crippen LogP contribution in [0.15, 0.2) is 54.6 Å². The molecular formula is C20H20. The molecule has 1 aliphatic carbocycles. The van der Waals surface area contributed by atoms with E-state index in [1.54, 1.807) is 0 Å². The third-order valence-corrected chi connectivity index (χ3v) is 3.91.